The molecule has 3 aromatic rings. The molecule has 4 rings (SSSR count). The summed E-state index contributed by atoms with van der Waals surface area (Å²) in [7, 11) is -16.5. The van der Waals surface area contributed by atoms with Crippen molar-refractivity contribution in [3.05, 3.63) is 30.4 Å². The number of aromatic hydroxyl groups is 2. The Morgan fingerprint density at radius 1 is 1.00 bits per heavy atom. The molecule has 28 nitrogen and oxygen atoms in total. The second kappa shape index (κ2) is 20.8. The number of phenols is 2. The molecule has 0 bridgehead atoms. The van der Waals surface area contributed by atoms with Crippen molar-refractivity contribution in [2.24, 2.45) is 11.1 Å². The van der Waals surface area contributed by atoms with Crippen LogP contribution in [0.15, 0.2) is 24.8 Å². The number of nitrogens with two attached hydrogens (primary N) is 3. The van der Waals surface area contributed by atoms with Crippen molar-refractivity contribution in [3.63, 3.8) is 0 Å². The first kappa shape index (κ1) is 50.8. The highest BCUT2D eigenvalue weighted by Crippen LogP contribution is 2.61. The van der Waals surface area contributed by atoms with Crippen molar-refractivity contribution < 1.29 is 90.7 Å². The zero-order valence-electron chi connectivity index (χ0n) is 32.6. The van der Waals surface area contributed by atoms with E-state index in [9.17, 15) is 68.1 Å². The summed E-state index contributed by atoms with van der Waals surface area (Å²) in [4.78, 5) is 88.3. The average molecular weight is 962 g/mol. The van der Waals surface area contributed by atoms with E-state index >= 15 is 0 Å². The van der Waals surface area contributed by atoms with Crippen molar-refractivity contribution >= 4 is 74.8 Å². The molecular formula is C30H46N9O19P3S. The van der Waals surface area contributed by atoms with Gasteiger partial charge in [-0.25, -0.2) is 28.6 Å². The van der Waals surface area contributed by atoms with Crippen LogP contribution in [0, 0.1) is 5.41 Å². The van der Waals surface area contributed by atoms with Crippen LogP contribution in [-0.2, 0) is 57.1 Å². The predicted octanol–water partition coefficient (Wildman–Crippen LogP) is -1.77. The minimum absolute atomic E-state index is 0.00335. The van der Waals surface area contributed by atoms with Gasteiger partial charge in [0, 0.05) is 36.7 Å². The first-order valence-electron chi connectivity index (χ1n) is 17.8. The molecule has 1 aliphatic heterocycles. The lowest BCUT2D eigenvalue weighted by atomic mass is 9.87. The molecule has 62 heavy (non-hydrogen) atoms. The first-order chi connectivity index (χ1) is 28.7. The molecule has 32 heteroatoms. The molecule has 1 aromatic carbocycles. The number of nitrogens with zero attached hydrogens (tertiary/aromatic N) is 4. The summed E-state index contributed by atoms with van der Waals surface area (Å²) in [5.74, 6) is -2.11. The zero-order chi connectivity index (χ0) is 46.4. The molecule has 0 spiro atoms. The number of anilines is 2. The van der Waals surface area contributed by atoms with E-state index in [-0.39, 0.29) is 71.4 Å². The maximum Gasteiger partial charge on any atom is 0.481 e. The summed E-state index contributed by atoms with van der Waals surface area (Å²) < 4.78 is 62.2. The Morgan fingerprint density at radius 3 is 2.35 bits per heavy atom. The lowest BCUT2D eigenvalue weighted by Crippen LogP contribution is -2.46. The molecule has 346 valence electrons. The number of ether oxygens (including phenoxy) is 1. The number of nitrogens with one attached hydrogen (secondary N) is 2. The largest absolute Gasteiger partial charge is 0.508 e. The fraction of sp³-hybridized carbons (Fsp3) is 0.533. The van der Waals surface area contributed by atoms with Gasteiger partial charge >= 0.3 is 23.5 Å². The van der Waals surface area contributed by atoms with Gasteiger partial charge in [0.1, 0.15) is 47.8 Å². The van der Waals surface area contributed by atoms with E-state index in [4.69, 9.17) is 31.0 Å². The van der Waals surface area contributed by atoms with Crippen LogP contribution in [0.5, 0.6) is 11.5 Å². The highest BCUT2D eigenvalue weighted by Gasteiger charge is 2.50. The number of imidazole rings is 1. The monoisotopic (exact) mass is 961 g/mol. The molecular weight excluding hydrogens is 915 g/mol. The summed E-state index contributed by atoms with van der Waals surface area (Å²) in [5, 5.41) is 45.4. The number of phenolic OH excluding ortho intramolecular Hbond substituents is 2. The van der Waals surface area contributed by atoms with Crippen LogP contribution < -0.4 is 27.8 Å². The van der Waals surface area contributed by atoms with Crippen LogP contribution in [-0.4, -0.2) is 139 Å². The van der Waals surface area contributed by atoms with Crippen LogP contribution in [0.1, 0.15) is 32.1 Å². The summed E-state index contributed by atoms with van der Waals surface area (Å²) in [5.41, 5.74) is 16.0. The molecule has 8 atom stereocenters. The lowest BCUT2D eigenvalue weighted by Gasteiger charge is -2.30. The number of carbonyl (C=O) groups is 3. The highest BCUT2D eigenvalue weighted by atomic mass is 32.2. The average Bonchev–Trinajstić information content (AvgIpc) is 3.73. The van der Waals surface area contributed by atoms with Crippen molar-refractivity contribution in [1.29, 1.82) is 0 Å². The number of aliphatic hydroxyl groups excluding tert-OH is 2. The molecule has 8 unspecified atom stereocenters. The molecule has 0 aliphatic carbocycles. The molecule has 2 aromatic heterocycles. The van der Waals surface area contributed by atoms with Gasteiger partial charge in [-0.3, -0.25) is 32.5 Å². The van der Waals surface area contributed by atoms with E-state index in [0.29, 0.717) is 0 Å². The van der Waals surface area contributed by atoms with E-state index in [2.05, 4.69) is 34.4 Å². The van der Waals surface area contributed by atoms with Crippen LogP contribution in [0.2, 0.25) is 0 Å². The number of rotatable bonds is 22. The Labute approximate surface area is 354 Å². The van der Waals surface area contributed by atoms with Crippen molar-refractivity contribution in [3.8, 4) is 11.5 Å². The molecule has 3 heterocycles. The Morgan fingerprint density at radius 2 is 1.68 bits per heavy atom. The SMILES string of the molecule is CC(C)(COP(=O)(O)OP(=O)(O)OCC1OC(n2cnc3c(N)ncnc32)C(O)C1OP(=O)(O)O)C(O)C(=O)NCCC(=O)NCCSC(=O)C(N)Cc1cc(N)c(O)cc1O. The number of phosphoric ester groups is 3. The number of phosphoric acid groups is 3. The van der Waals surface area contributed by atoms with Crippen molar-refractivity contribution in [2.75, 3.05) is 43.5 Å². The third kappa shape index (κ3) is 14.1. The van der Waals surface area contributed by atoms with Gasteiger partial charge in [-0.05, 0) is 18.1 Å². The van der Waals surface area contributed by atoms with Gasteiger partial charge in [-0.1, -0.05) is 25.6 Å². The van der Waals surface area contributed by atoms with Gasteiger partial charge in [-0.2, -0.15) is 4.31 Å². The van der Waals surface area contributed by atoms with Gasteiger partial charge in [0.2, 0.25) is 16.9 Å². The number of aromatic nitrogens is 4. The lowest BCUT2D eigenvalue weighted by molar-refractivity contribution is -0.137. The second-order valence-electron chi connectivity index (χ2n) is 14.1. The van der Waals surface area contributed by atoms with Gasteiger partial charge < -0.3 is 72.6 Å². The first-order valence-corrected chi connectivity index (χ1v) is 23.3. The number of amides is 2. The molecule has 2 amide bonds. The summed E-state index contributed by atoms with van der Waals surface area (Å²) in [6, 6.07) is 1.30. The molecule has 0 radical (unpaired) electrons. The van der Waals surface area contributed by atoms with Gasteiger partial charge in [0.15, 0.2) is 17.7 Å². The third-order valence-corrected chi connectivity index (χ3v) is 12.8. The van der Waals surface area contributed by atoms with Crippen LogP contribution in [0.3, 0.4) is 0 Å². The fourth-order valence-electron chi connectivity index (χ4n) is 5.51. The quantitative estimate of drug-likeness (QED) is 0.0174. The van der Waals surface area contributed by atoms with Gasteiger partial charge in [-0.15, -0.1) is 0 Å². The topological polar surface area (TPSA) is 456 Å². The number of hydrogen-bond acceptors (Lipinski definition) is 22. The maximum absolute atomic E-state index is 12.7. The highest BCUT2D eigenvalue weighted by molar-refractivity contribution is 8.13. The van der Waals surface area contributed by atoms with Crippen LogP contribution in [0.4, 0.5) is 11.5 Å². The van der Waals surface area contributed by atoms with Crippen LogP contribution >= 0.6 is 35.2 Å². The summed E-state index contributed by atoms with van der Waals surface area (Å²) in [6.07, 6.45) is -7.23. The minimum Gasteiger partial charge on any atom is -0.508 e. The molecule has 0 saturated carbocycles. The number of thioether (sulfide) groups is 1. The summed E-state index contributed by atoms with van der Waals surface area (Å²) in [6.45, 7) is 0.123. The number of fused-ring (bicyclic) bond motifs is 1. The molecule has 1 saturated heterocycles. The fourth-order valence-corrected chi connectivity index (χ4v) is 9.05. The number of hydrogen-bond donors (Lipinski definition) is 13. The molecule has 16 N–H and O–H groups in total. The predicted molar refractivity (Wildman–Crippen MR) is 213 cm³/mol. The van der Waals surface area contributed by atoms with Crippen molar-refractivity contribution in [2.45, 2.75) is 63.4 Å². The second-order valence-corrected chi connectivity index (χ2v) is 19.4. The minimum atomic E-state index is -5.60. The van der Waals surface area contributed by atoms with E-state index in [1.165, 1.54) is 19.9 Å². The number of aliphatic hydroxyl groups is 2. The van der Waals surface area contributed by atoms with Gasteiger partial charge in [0.25, 0.3) is 0 Å². The van der Waals surface area contributed by atoms with Crippen molar-refractivity contribution in [1.82, 2.24) is 30.2 Å². The van der Waals surface area contributed by atoms with E-state index < -0.39 is 95.7 Å². The third-order valence-electron chi connectivity index (χ3n) is 8.72. The van der Waals surface area contributed by atoms with E-state index in [1.807, 2.05) is 0 Å². The van der Waals surface area contributed by atoms with E-state index in [0.717, 1.165) is 35.0 Å². The zero-order valence-corrected chi connectivity index (χ0v) is 36.1. The van der Waals surface area contributed by atoms with Gasteiger partial charge in [0.05, 0.1) is 31.3 Å². The Hall–Kier alpha value is -3.86. The normalized spacial score (nSPS) is 21.2. The summed E-state index contributed by atoms with van der Waals surface area (Å²) >= 11 is 0.824. The number of carbonyl (C=O) groups excluding carboxylic acids is 3. The Kier molecular flexibility index (Phi) is 17.0. The smallest absolute Gasteiger partial charge is 0.481 e. The number of nitrogen functional groups attached to an aromatic ring is 2. The van der Waals surface area contributed by atoms with Crippen LogP contribution in [0.25, 0.3) is 11.2 Å². The van der Waals surface area contributed by atoms with E-state index in [1.54, 1.807) is 0 Å². The Bertz CT molecular complexity index is 2250. The number of benzene rings is 1. The Balaban J connectivity index is 1.19. The molecule has 1 fully saturated rings. The maximum atomic E-state index is 12.7. The molecule has 1 aliphatic rings. The standard InChI is InChI=1S/C30H46N9O19P3S/c1-30(2,24(44)27(45)35-4-3-20(42)34-5-6-62-29(46)16(32)8-14-7-15(31)18(41)9-17(14)40)11-55-61(52,53)58-60(50,51)54-10-19-23(57-59(47,48)49)22(43)28(56-19)39-13-38-21-25(33)36-12-37-26(21)39/h7,9,12-13,16,19,22-24,28,40-41,43-44H,3-6,8,10-11,31-32H2,1-2H3,(H,34,42)(H,35,45)(H,50,51)(H,52,53)(H2,33,36,37)(H2,47,48,49).